The molecule has 1 aromatic rings. The molecule has 1 aromatic carbocycles. The number of carbonyl (C=O) groups excluding carboxylic acids is 1. The second kappa shape index (κ2) is 5.59. The van der Waals surface area contributed by atoms with Crippen molar-refractivity contribution >= 4 is 33.4 Å². The molecule has 0 saturated carbocycles. The highest BCUT2D eigenvalue weighted by atomic mass is 79.9. The zero-order chi connectivity index (χ0) is 13.3. The third kappa shape index (κ3) is 3.05. The van der Waals surface area contributed by atoms with E-state index in [9.17, 15) is 9.90 Å². The Bertz CT molecular complexity index is 446. The summed E-state index contributed by atoms with van der Waals surface area (Å²) in [5, 5.41) is 10.2. The zero-order valence-corrected chi connectivity index (χ0v) is 12.4. The van der Waals surface area contributed by atoms with Crippen LogP contribution in [0.15, 0.2) is 22.7 Å². The van der Waals surface area contributed by atoms with Crippen molar-refractivity contribution in [3.05, 3.63) is 33.3 Å². The summed E-state index contributed by atoms with van der Waals surface area (Å²) in [7, 11) is 0. The Kier molecular flexibility index (Phi) is 4.30. The summed E-state index contributed by atoms with van der Waals surface area (Å²) in [6.07, 6.45) is 0.328. The van der Waals surface area contributed by atoms with Crippen molar-refractivity contribution in [2.75, 3.05) is 13.1 Å². The van der Waals surface area contributed by atoms with Gasteiger partial charge in [-0.15, -0.1) is 0 Å². The van der Waals surface area contributed by atoms with Gasteiger partial charge in [0, 0.05) is 28.1 Å². The number of piperidine rings is 1. The minimum Gasteiger partial charge on any atom is -0.393 e. The van der Waals surface area contributed by atoms with Gasteiger partial charge in [0.2, 0.25) is 0 Å². The van der Waals surface area contributed by atoms with E-state index < -0.39 is 0 Å². The highest BCUT2D eigenvalue weighted by Gasteiger charge is 2.27. The van der Waals surface area contributed by atoms with E-state index in [-0.39, 0.29) is 17.9 Å². The van der Waals surface area contributed by atoms with E-state index in [4.69, 9.17) is 11.6 Å². The Hall–Kier alpha value is -0.580. The molecule has 0 bridgehead atoms. The van der Waals surface area contributed by atoms with E-state index in [2.05, 4.69) is 15.9 Å². The van der Waals surface area contributed by atoms with Gasteiger partial charge in [0.25, 0.3) is 5.91 Å². The van der Waals surface area contributed by atoms with Crippen LogP contribution in [-0.4, -0.2) is 35.1 Å². The number of hydrogen-bond donors (Lipinski definition) is 1. The molecule has 0 aliphatic carbocycles. The van der Waals surface area contributed by atoms with Crippen molar-refractivity contribution in [1.82, 2.24) is 4.90 Å². The molecule has 1 saturated heterocycles. The van der Waals surface area contributed by atoms with Gasteiger partial charge < -0.3 is 10.0 Å². The highest BCUT2D eigenvalue weighted by molar-refractivity contribution is 9.10. The van der Waals surface area contributed by atoms with Gasteiger partial charge in [-0.25, -0.2) is 0 Å². The molecular weight excluding hydrogens is 318 g/mol. The Morgan fingerprint density at radius 1 is 1.50 bits per heavy atom. The summed E-state index contributed by atoms with van der Waals surface area (Å²) in [5.41, 5.74) is 0.581. The van der Waals surface area contributed by atoms with Crippen molar-refractivity contribution in [3.63, 3.8) is 0 Å². The number of amides is 1. The lowest BCUT2D eigenvalue weighted by Crippen LogP contribution is -2.44. The molecule has 18 heavy (non-hydrogen) atoms. The van der Waals surface area contributed by atoms with Crippen molar-refractivity contribution in [1.29, 1.82) is 0 Å². The van der Waals surface area contributed by atoms with Crippen molar-refractivity contribution in [3.8, 4) is 0 Å². The normalized spacial score (nSPS) is 24.1. The topological polar surface area (TPSA) is 40.5 Å². The van der Waals surface area contributed by atoms with Crippen molar-refractivity contribution in [2.24, 2.45) is 5.92 Å². The number of aliphatic hydroxyl groups is 1. The van der Waals surface area contributed by atoms with Crippen LogP contribution < -0.4 is 0 Å². The molecule has 3 nitrogen and oxygen atoms in total. The highest BCUT2D eigenvalue weighted by Crippen LogP contribution is 2.23. The second-order valence-corrected chi connectivity index (χ2v) is 6.09. The maximum absolute atomic E-state index is 12.3. The van der Waals surface area contributed by atoms with E-state index in [0.29, 0.717) is 30.1 Å². The van der Waals surface area contributed by atoms with E-state index in [0.717, 1.165) is 4.47 Å². The van der Waals surface area contributed by atoms with Gasteiger partial charge in [0.1, 0.15) is 0 Å². The van der Waals surface area contributed by atoms with E-state index in [1.54, 1.807) is 23.1 Å². The third-order valence-electron chi connectivity index (χ3n) is 3.26. The quantitative estimate of drug-likeness (QED) is 0.859. The molecule has 0 aromatic heterocycles. The van der Waals surface area contributed by atoms with E-state index in [1.807, 2.05) is 6.92 Å². The molecule has 2 unspecified atom stereocenters. The molecule has 5 heteroatoms. The molecule has 2 atom stereocenters. The van der Waals surface area contributed by atoms with E-state index >= 15 is 0 Å². The minimum atomic E-state index is -0.305. The van der Waals surface area contributed by atoms with Crippen LogP contribution in [0.4, 0.5) is 0 Å². The van der Waals surface area contributed by atoms with Crippen LogP contribution in [0.3, 0.4) is 0 Å². The molecule has 1 heterocycles. The lowest BCUT2D eigenvalue weighted by molar-refractivity contribution is 0.0297. The Labute approximate surface area is 120 Å². The third-order valence-corrected chi connectivity index (χ3v) is 3.93. The van der Waals surface area contributed by atoms with Crippen LogP contribution in [-0.2, 0) is 0 Å². The number of halogens is 2. The Morgan fingerprint density at radius 2 is 2.22 bits per heavy atom. The van der Waals surface area contributed by atoms with E-state index in [1.165, 1.54) is 0 Å². The average Bonchev–Trinajstić information content (AvgIpc) is 2.30. The van der Waals surface area contributed by atoms with Crippen LogP contribution in [0.2, 0.25) is 5.02 Å². The maximum atomic E-state index is 12.3. The molecule has 1 aliphatic heterocycles. The molecule has 98 valence electrons. The monoisotopic (exact) mass is 331 g/mol. The molecular formula is C13H15BrClNO2. The van der Waals surface area contributed by atoms with Gasteiger partial charge in [0.05, 0.1) is 6.10 Å². The summed E-state index contributed by atoms with van der Waals surface area (Å²) in [5.74, 6) is 0.0854. The van der Waals surface area contributed by atoms with Crippen LogP contribution in [0.25, 0.3) is 0 Å². The summed E-state index contributed by atoms with van der Waals surface area (Å²) >= 11 is 9.28. The standard InChI is InChI=1S/C13H15BrClNO2/c1-8-7-16(3-2-12(8)17)13(18)9-4-10(14)6-11(15)5-9/h4-6,8,12,17H,2-3,7H2,1H3. The first-order valence-electron chi connectivity index (χ1n) is 5.91. The molecule has 0 radical (unpaired) electrons. The van der Waals surface area contributed by atoms with Gasteiger partial charge in [-0.2, -0.15) is 0 Å². The van der Waals surface area contributed by atoms with Crippen LogP contribution >= 0.6 is 27.5 Å². The predicted octanol–water partition coefficient (Wildman–Crippen LogP) is 2.95. The predicted molar refractivity (Wildman–Crippen MR) is 74.8 cm³/mol. The number of likely N-dealkylation sites (tertiary alicyclic amines) is 1. The number of carbonyl (C=O) groups is 1. The first-order valence-corrected chi connectivity index (χ1v) is 7.08. The largest absolute Gasteiger partial charge is 0.393 e. The molecule has 1 N–H and O–H groups in total. The summed E-state index contributed by atoms with van der Waals surface area (Å²) in [4.78, 5) is 14.1. The minimum absolute atomic E-state index is 0.0306. The smallest absolute Gasteiger partial charge is 0.253 e. The van der Waals surface area contributed by atoms with Gasteiger partial charge in [-0.1, -0.05) is 34.5 Å². The van der Waals surface area contributed by atoms with Gasteiger partial charge >= 0.3 is 0 Å². The Balaban J connectivity index is 2.16. The van der Waals surface area contributed by atoms with Crippen molar-refractivity contribution in [2.45, 2.75) is 19.4 Å². The fourth-order valence-electron chi connectivity index (χ4n) is 2.18. The number of hydrogen-bond acceptors (Lipinski definition) is 2. The van der Waals surface area contributed by atoms with Crippen LogP contribution in [0, 0.1) is 5.92 Å². The van der Waals surface area contributed by atoms with Crippen LogP contribution in [0.1, 0.15) is 23.7 Å². The molecule has 1 aliphatic rings. The molecule has 1 amide bonds. The zero-order valence-electron chi connectivity index (χ0n) is 10.1. The van der Waals surface area contributed by atoms with Crippen molar-refractivity contribution < 1.29 is 9.90 Å². The van der Waals surface area contributed by atoms with Crippen LogP contribution in [0.5, 0.6) is 0 Å². The maximum Gasteiger partial charge on any atom is 0.253 e. The SMILES string of the molecule is CC1CN(C(=O)c2cc(Cl)cc(Br)c2)CCC1O. The number of rotatable bonds is 1. The van der Waals surface area contributed by atoms with Gasteiger partial charge in [0.15, 0.2) is 0 Å². The summed E-state index contributed by atoms with van der Waals surface area (Å²) in [6, 6.07) is 5.19. The fraction of sp³-hybridized carbons (Fsp3) is 0.462. The lowest BCUT2D eigenvalue weighted by atomic mass is 9.96. The number of benzene rings is 1. The van der Waals surface area contributed by atoms with Gasteiger partial charge in [-0.3, -0.25) is 4.79 Å². The Morgan fingerprint density at radius 3 is 2.83 bits per heavy atom. The number of nitrogens with zero attached hydrogens (tertiary/aromatic N) is 1. The fourth-order valence-corrected chi connectivity index (χ4v) is 3.04. The average molecular weight is 333 g/mol. The molecule has 1 fully saturated rings. The number of aliphatic hydroxyl groups excluding tert-OH is 1. The first kappa shape index (κ1) is 13.8. The summed E-state index contributed by atoms with van der Waals surface area (Å²) < 4.78 is 0.795. The first-order chi connectivity index (χ1) is 8.47. The lowest BCUT2D eigenvalue weighted by Gasteiger charge is -2.34. The molecule has 0 spiro atoms. The van der Waals surface area contributed by atoms with Gasteiger partial charge in [-0.05, 0) is 30.5 Å². The molecule has 2 rings (SSSR count). The second-order valence-electron chi connectivity index (χ2n) is 4.74. The summed E-state index contributed by atoms with van der Waals surface area (Å²) in [6.45, 7) is 3.14.